The second-order valence-electron chi connectivity index (χ2n) is 9.38. The molecule has 0 heterocycles. The summed E-state index contributed by atoms with van der Waals surface area (Å²) in [7, 11) is 0. The fourth-order valence-electron chi connectivity index (χ4n) is 4.05. The SMILES string of the molecule is Cl.N[C@@H](Cc1ccccc1)C(=O)NCCCC(=O)ONC(=O)Cc1ccc(CCCCc2ccccc2)cc1. The Bertz CT molecular complexity index is 1140. The Morgan fingerprint density at radius 2 is 1.26 bits per heavy atom. The Kier molecular flexibility index (Phi) is 14.4. The first-order valence-electron chi connectivity index (χ1n) is 13.2. The molecular formula is C31H38ClN3O4. The van der Waals surface area contributed by atoms with Crippen LogP contribution in [0.1, 0.15) is 47.9 Å². The molecule has 1 atom stereocenters. The molecule has 3 aromatic rings. The monoisotopic (exact) mass is 551 g/mol. The number of hydrogen-bond acceptors (Lipinski definition) is 5. The summed E-state index contributed by atoms with van der Waals surface area (Å²) in [5, 5.41) is 2.72. The molecule has 0 radical (unpaired) electrons. The van der Waals surface area contributed by atoms with Crippen LogP contribution in [0.15, 0.2) is 84.9 Å². The maximum absolute atomic E-state index is 12.1. The van der Waals surface area contributed by atoms with E-state index in [9.17, 15) is 14.4 Å². The number of rotatable bonds is 14. The van der Waals surface area contributed by atoms with E-state index in [1.165, 1.54) is 11.1 Å². The van der Waals surface area contributed by atoms with Crippen LogP contribution in [-0.4, -0.2) is 30.4 Å². The van der Waals surface area contributed by atoms with Crippen molar-refractivity contribution in [3.05, 3.63) is 107 Å². The van der Waals surface area contributed by atoms with Crippen molar-refractivity contribution < 1.29 is 19.2 Å². The van der Waals surface area contributed by atoms with E-state index in [1.54, 1.807) is 0 Å². The Morgan fingerprint density at radius 1 is 0.718 bits per heavy atom. The highest BCUT2D eigenvalue weighted by atomic mass is 35.5. The van der Waals surface area contributed by atoms with Crippen LogP contribution in [0.2, 0.25) is 0 Å². The zero-order chi connectivity index (χ0) is 27.0. The Hall–Kier alpha value is -3.68. The summed E-state index contributed by atoms with van der Waals surface area (Å²) >= 11 is 0. The van der Waals surface area contributed by atoms with Gasteiger partial charge >= 0.3 is 5.97 Å². The molecule has 2 amide bonds. The number of unbranched alkanes of at least 4 members (excludes halogenated alkanes) is 1. The third-order valence-electron chi connectivity index (χ3n) is 6.18. The topological polar surface area (TPSA) is 111 Å². The van der Waals surface area contributed by atoms with Gasteiger partial charge in [-0.25, -0.2) is 4.79 Å². The van der Waals surface area contributed by atoms with Gasteiger partial charge in [-0.3, -0.25) is 9.59 Å². The normalized spacial score (nSPS) is 11.1. The fraction of sp³-hybridized carbons (Fsp3) is 0.323. The number of benzene rings is 3. The molecule has 8 heteroatoms. The lowest BCUT2D eigenvalue weighted by Crippen LogP contribution is -2.42. The second kappa shape index (κ2) is 17.8. The molecule has 0 aliphatic heterocycles. The Morgan fingerprint density at radius 3 is 1.87 bits per heavy atom. The number of halogens is 1. The first kappa shape index (κ1) is 31.5. The van der Waals surface area contributed by atoms with Crippen molar-refractivity contribution in [3.8, 4) is 0 Å². The molecule has 3 aromatic carbocycles. The molecule has 0 aliphatic carbocycles. The molecular weight excluding hydrogens is 514 g/mol. The third kappa shape index (κ3) is 12.6. The molecule has 0 fully saturated rings. The van der Waals surface area contributed by atoms with Gasteiger partial charge in [0.15, 0.2) is 0 Å². The fourth-order valence-corrected chi connectivity index (χ4v) is 4.05. The lowest BCUT2D eigenvalue weighted by molar-refractivity contribution is -0.158. The van der Waals surface area contributed by atoms with Crippen molar-refractivity contribution >= 4 is 30.2 Å². The van der Waals surface area contributed by atoms with Gasteiger partial charge in [0, 0.05) is 13.0 Å². The predicted molar refractivity (Wildman–Crippen MR) is 155 cm³/mol. The second-order valence-corrected chi connectivity index (χ2v) is 9.38. The van der Waals surface area contributed by atoms with E-state index in [0.717, 1.165) is 36.8 Å². The van der Waals surface area contributed by atoms with Gasteiger partial charge < -0.3 is 15.9 Å². The van der Waals surface area contributed by atoms with Crippen molar-refractivity contribution in [3.63, 3.8) is 0 Å². The Balaban J connectivity index is 0.00000533. The number of carbonyl (C=O) groups excluding carboxylic acids is 3. The van der Waals surface area contributed by atoms with E-state index in [0.29, 0.717) is 19.4 Å². The number of hydrogen-bond donors (Lipinski definition) is 3. The van der Waals surface area contributed by atoms with Crippen molar-refractivity contribution in [2.24, 2.45) is 5.73 Å². The van der Waals surface area contributed by atoms with Crippen molar-refractivity contribution in [1.29, 1.82) is 0 Å². The summed E-state index contributed by atoms with van der Waals surface area (Å²) < 4.78 is 0. The van der Waals surface area contributed by atoms with E-state index in [-0.39, 0.29) is 31.2 Å². The van der Waals surface area contributed by atoms with E-state index < -0.39 is 17.9 Å². The molecule has 3 rings (SSSR count). The standard InChI is InChI=1S/C31H37N3O4.ClH/c32-28(22-26-14-5-2-6-15-26)31(37)33-21-9-16-30(36)38-34-29(35)23-27-19-17-25(18-20-27)13-8-7-12-24-10-3-1-4-11-24;/h1-6,10-11,14-15,17-20,28H,7-9,12-13,16,21-23,32H2,(H,33,37)(H,34,35);1H/t28-;/m0./s1. The number of amides is 2. The summed E-state index contributed by atoms with van der Waals surface area (Å²) in [5.74, 6) is -1.23. The number of aryl methyl sites for hydroxylation is 2. The predicted octanol–water partition coefficient (Wildman–Crippen LogP) is 4.26. The quantitative estimate of drug-likeness (QED) is 0.205. The largest absolute Gasteiger partial charge is 0.355 e. The molecule has 0 saturated carbocycles. The van der Waals surface area contributed by atoms with Crippen molar-refractivity contribution in [2.75, 3.05) is 6.54 Å². The minimum absolute atomic E-state index is 0. The lowest BCUT2D eigenvalue weighted by Gasteiger charge is -2.12. The van der Waals surface area contributed by atoms with Crippen LogP contribution in [0.4, 0.5) is 0 Å². The van der Waals surface area contributed by atoms with Crippen molar-refractivity contribution in [1.82, 2.24) is 10.8 Å². The molecule has 0 bridgehead atoms. The number of nitrogens with one attached hydrogen (secondary N) is 2. The van der Waals surface area contributed by atoms with E-state index >= 15 is 0 Å². The first-order chi connectivity index (χ1) is 18.5. The summed E-state index contributed by atoms with van der Waals surface area (Å²) in [6.07, 6.45) is 5.32. The van der Waals surface area contributed by atoms with E-state index in [1.807, 2.05) is 60.7 Å². The maximum atomic E-state index is 12.1. The van der Waals surface area contributed by atoms with Crippen molar-refractivity contribution in [2.45, 2.75) is 57.4 Å². The van der Waals surface area contributed by atoms with Gasteiger partial charge in [0.1, 0.15) is 0 Å². The van der Waals surface area contributed by atoms with Gasteiger partial charge in [-0.2, -0.15) is 5.48 Å². The molecule has 208 valence electrons. The van der Waals surface area contributed by atoms with Crippen LogP contribution in [0.5, 0.6) is 0 Å². The molecule has 0 unspecified atom stereocenters. The van der Waals surface area contributed by atoms with Crippen LogP contribution in [0.25, 0.3) is 0 Å². The molecule has 0 aliphatic rings. The average Bonchev–Trinajstić information content (AvgIpc) is 2.94. The lowest BCUT2D eigenvalue weighted by atomic mass is 10.0. The van der Waals surface area contributed by atoms with Gasteiger partial charge in [0.05, 0.1) is 12.5 Å². The molecule has 0 spiro atoms. The smallest absolute Gasteiger partial charge is 0.332 e. The summed E-state index contributed by atoms with van der Waals surface area (Å²) in [6.45, 7) is 0.295. The number of carbonyl (C=O) groups is 3. The van der Waals surface area contributed by atoms with Gasteiger partial charge in [-0.15, -0.1) is 12.4 Å². The van der Waals surface area contributed by atoms with Gasteiger partial charge in [0.2, 0.25) is 5.91 Å². The molecule has 39 heavy (non-hydrogen) atoms. The minimum atomic E-state index is -0.655. The van der Waals surface area contributed by atoms with Crippen LogP contribution in [0.3, 0.4) is 0 Å². The first-order valence-corrected chi connectivity index (χ1v) is 13.2. The zero-order valence-electron chi connectivity index (χ0n) is 22.1. The van der Waals surface area contributed by atoms with Gasteiger partial charge in [-0.1, -0.05) is 84.9 Å². The molecule has 0 saturated heterocycles. The van der Waals surface area contributed by atoms with Gasteiger partial charge in [0.25, 0.3) is 5.91 Å². The van der Waals surface area contributed by atoms with E-state index in [4.69, 9.17) is 10.6 Å². The summed E-state index contributed by atoms with van der Waals surface area (Å²) in [6, 6.07) is 27.3. The zero-order valence-corrected chi connectivity index (χ0v) is 23.0. The third-order valence-corrected chi connectivity index (χ3v) is 6.18. The van der Waals surface area contributed by atoms with E-state index in [2.05, 4.69) is 35.1 Å². The Labute approximate surface area is 236 Å². The minimum Gasteiger partial charge on any atom is -0.355 e. The number of nitrogens with two attached hydrogens (primary N) is 1. The number of hydroxylamine groups is 1. The molecule has 4 N–H and O–H groups in total. The highest BCUT2D eigenvalue weighted by molar-refractivity contribution is 5.85. The summed E-state index contributed by atoms with van der Waals surface area (Å²) in [5.41, 5.74) is 12.6. The van der Waals surface area contributed by atoms with Crippen LogP contribution in [-0.2, 0) is 44.9 Å². The molecule has 0 aromatic heterocycles. The van der Waals surface area contributed by atoms with Crippen LogP contribution < -0.4 is 16.5 Å². The van der Waals surface area contributed by atoms with Crippen LogP contribution >= 0.6 is 12.4 Å². The maximum Gasteiger partial charge on any atom is 0.332 e. The highest BCUT2D eigenvalue weighted by Crippen LogP contribution is 2.11. The summed E-state index contributed by atoms with van der Waals surface area (Å²) in [4.78, 5) is 41.0. The van der Waals surface area contributed by atoms with Gasteiger partial charge in [-0.05, 0) is 60.8 Å². The highest BCUT2D eigenvalue weighted by Gasteiger charge is 2.14. The average molecular weight is 552 g/mol. The molecule has 7 nitrogen and oxygen atoms in total. The van der Waals surface area contributed by atoms with Crippen LogP contribution in [0, 0.1) is 0 Å².